The van der Waals surface area contributed by atoms with Crippen LogP contribution >= 0.6 is 69.6 Å². The second kappa shape index (κ2) is 27.5. The van der Waals surface area contributed by atoms with E-state index in [1.165, 1.54) is 60.0 Å². The van der Waals surface area contributed by atoms with Gasteiger partial charge in [-0.1, -0.05) is 123 Å². The van der Waals surface area contributed by atoms with Crippen molar-refractivity contribution in [2.24, 2.45) is 29.4 Å². The fourth-order valence-electron chi connectivity index (χ4n) is 8.98. The van der Waals surface area contributed by atoms with Gasteiger partial charge in [0.25, 0.3) is 0 Å². The number of anilines is 2. The first kappa shape index (κ1) is 53.5. The maximum atomic E-state index is 13.0. The van der Waals surface area contributed by atoms with Gasteiger partial charge in [0.15, 0.2) is 0 Å². The number of piperidine rings is 2. The van der Waals surface area contributed by atoms with Gasteiger partial charge in [0, 0.05) is 49.6 Å². The molecule has 0 radical (unpaired) electrons. The number of nitrogens with two attached hydrogens (primary N) is 1. The number of carbonyl (C=O) groups excluding carboxylic acids is 1. The van der Waals surface area contributed by atoms with Gasteiger partial charge < -0.3 is 26.2 Å². The number of alkyl halides is 2. The lowest BCUT2D eigenvalue weighted by atomic mass is 9.89. The summed E-state index contributed by atoms with van der Waals surface area (Å²) in [5.74, 6) is 2.34. The Balaban J connectivity index is 0.000000204. The maximum Gasteiger partial charge on any atom is 0.322 e. The predicted octanol–water partition coefficient (Wildman–Crippen LogP) is 13.4. The van der Waals surface area contributed by atoms with E-state index in [1.54, 1.807) is 0 Å². The molecule has 2 unspecified atom stereocenters. The Morgan fingerprint density at radius 1 is 0.662 bits per heavy atom. The Bertz CT molecular complexity index is 2030. The van der Waals surface area contributed by atoms with Crippen molar-refractivity contribution in [3.8, 4) is 0 Å². The summed E-state index contributed by atoms with van der Waals surface area (Å²) in [4.78, 5) is 20.0. The van der Waals surface area contributed by atoms with E-state index >= 15 is 0 Å². The predicted molar refractivity (Wildman–Crippen MR) is 281 cm³/mol. The first-order valence-electron chi connectivity index (χ1n) is 23.4. The van der Waals surface area contributed by atoms with Crippen LogP contribution in [0.15, 0.2) is 84.9 Å². The summed E-state index contributed by atoms with van der Waals surface area (Å²) in [6, 6.07) is 29.1. The lowest BCUT2D eigenvalue weighted by Crippen LogP contribution is -2.52. The minimum absolute atomic E-state index is 0.0307. The first-order chi connectivity index (χ1) is 31.2. The minimum Gasteiger partial charge on any atom is -0.384 e. The van der Waals surface area contributed by atoms with Gasteiger partial charge >= 0.3 is 6.03 Å². The monoisotopic (exact) mass is 1000 g/mol. The average molecular weight is 1010 g/mol. The number of halogens is 6. The number of benzene rings is 4. The highest BCUT2D eigenvalue weighted by atomic mass is 35.5. The van der Waals surface area contributed by atoms with E-state index in [4.69, 9.17) is 75.3 Å². The molecule has 0 aliphatic carbocycles. The number of para-hydroxylation sites is 2. The topological polar surface area (TPSA) is 76.9 Å². The van der Waals surface area contributed by atoms with Crippen LogP contribution in [0, 0.1) is 23.7 Å². The molecule has 2 atom stereocenters. The normalized spacial score (nSPS) is 17.4. The average Bonchev–Trinajstić information content (AvgIpc) is 3.96. The lowest BCUT2D eigenvalue weighted by Gasteiger charge is -2.36. The van der Waals surface area contributed by atoms with Crippen molar-refractivity contribution >= 4 is 87.0 Å². The van der Waals surface area contributed by atoms with E-state index in [9.17, 15) is 4.79 Å². The summed E-state index contributed by atoms with van der Waals surface area (Å²) >= 11 is 33.8. The molecule has 65 heavy (non-hydrogen) atoms. The minimum atomic E-state index is 0.0307. The molecule has 356 valence electrons. The molecule has 0 spiro atoms. The Hall–Kier alpha value is -2.43. The lowest BCUT2D eigenvalue weighted by molar-refractivity contribution is 0.156. The largest absolute Gasteiger partial charge is 0.384 e. The van der Waals surface area contributed by atoms with Gasteiger partial charge in [-0.2, -0.15) is 0 Å². The number of rotatable bonds is 11. The molecule has 7 nitrogen and oxygen atoms in total. The van der Waals surface area contributed by atoms with E-state index in [0.29, 0.717) is 37.8 Å². The van der Waals surface area contributed by atoms with Gasteiger partial charge in [0.1, 0.15) is 0 Å². The van der Waals surface area contributed by atoms with Crippen LogP contribution < -0.4 is 21.3 Å². The van der Waals surface area contributed by atoms with Crippen molar-refractivity contribution in [1.82, 2.24) is 15.1 Å². The molecule has 4 heterocycles. The van der Waals surface area contributed by atoms with Gasteiger partial charge in [0.2, 0.25) is 0 Å². The third-order valence-corrected chi connectivity index (χ3v) is 14.7. The van der Waals surface area contributed by atoms with Crippen LogP contribution in [0.2, 0.25) is 20.1 Å². The third-order valence-electron chi connectivity index (χ3n) is 13.2. The number of urea groups is 1. The highest BCUT2D eigenvalue weighted by Gasteiger charge is 2.29. The Morgan fingerprint density at radius 2 is 1.17 bits per heavy atom. The van der Waals surface area contributed by atoms with Gasteiger partial charge in [-0.15, -0.1) is 23.2 Å². The third kappa shape index (κ3) is 17.2. The fourth-order valence-corrected chi connectivity index (χ4v) is 9.63. The summed E-state index contributed by atoms with van der Waals surface area (Å²) in [7, 11) is 0. The smallest absolute Gasteiger partial charge is 0.322 e. The van der Waals surface area contributed by atoms with Crippen LogP contribution in [0.1, 0.15) is 75.6 Å². The molecular formula is C52H70Cl6N6O. The molecule has 4 aliphatic rings. The Kier molecular flexibility index (Phi) is 22.7. The van der Waals surface area contributed by atoms with Crippen molar-refractivity contribution in [2.45, 2.75) is 91.1 Å². The molecule has 2 fully saturated rings. The molecule has 4 N–H and O–H groups in total. The van der Waals surface area contributed by atoms with Crippen LogP contribution in [0.4, 0.5) is 16.2 Å². The number of nitrogens with one attached hydrogen (secondary N) is 2. The number of likely N-dealkylation sites (tertiary alicyclic amines) is 2. The summed E-state index contributed by atoms with van der Waals surface area (Å²) in [6.07, 6.45) is 9.08. The summed E-state index contributed by atoms with van der Waals surface area (Å²) < 4.78 is 0. The Labute approximate surface area is 420 Å². The molecule has 13 heteroatoms. The quantitative estimate of drug-likeness (QED) is 0.131. The SMILES string of the molecule is CC(C)C(CN1CCC(Cc2ccc(Cl)c(Cl)c2)CC1)NC(=O)N1CCc2ccccc21.CC(C)C(N)CN1CCC(Cc2ccc(Cl)c(Cl)c2)CC1.ClCCl.c1ccc2c(c1)CCN2. The van der Waals surface area contributed by atoms with Gasteiger partial charge in [-0.3, -0.25) is 4.90 Å². The second-order valence-electron chi connectivity index (χ2n) is 18.6. The fraction of sp³-hybridized carbons (Fsp3) is 0.519. The Morgan fingerprint density at radius 3 is 1.68 bits per heavy atom. The van der Waals surface area contributed by atoms with E-state index in [2.05, 4.69) is 90.6 Å². The standard InChI is InChI=1S/C26H33Cl2N3O.C17H26Cl2N2.C8H9N.CH2Cl2/c1-18(2)24(29-26(32)31-14-11-21-5-3-4-6-25(21)31)17-30-12-9-19(10-13-30)15-20-7-8-22(27)23(28)16-20;1-12(2)17(20)11-21-7-5-13(6-8-21)9-14-3-4-15(18)16(19)10-14;1-2-4-8-7(3-1)5-6-9-8;2-1-3/h3-8,16,18-19,24H,9-15,17H2,1-2H3,(H,29,32);3-4,10,12-13,17H,5-9,11,20H2,1-2H3;1-4,9H,5-6H2;1H2. The second-order valence-corrected chi connectivity index (χ2v) is 21.0. The molecule has 8 rings (SSSR count). The highest BCUT2D eigenvalue weighted by molar-refractivity contribution is 6.42. The van der Waals surface area contributed by atoms with E-state index in [-0.39, 0.29) is 23.5 Å². The van der Waals surface area contributed by atoms with Crippen LogP contribution in [-0.2, 0) is 25.7 Å². The molecule has 2 amide bonds. The van der Waals surface area contributed by atoms with Crippen LogP contribution in [-0.4, -0.2) is 85.6 Å². The molecule has 0 aromatic heterocycles. The molecule has 4 aromatic carbocycles. The maximum absolute atomic E-state index is 13.0. The van der Waals surface area contributed by atoms with E-state index in [0.717, 1.165) is 83.2 Å². The number of hydrogen-bond acceptors (Lipinski definition) is 5. The molecule has 4 aromatic rings. The van der Waals surface area contributed by atoms with E-state index < -0.39 is 0 Å². The zero-order valence-corrected chi connectivity index (χ0v) is 43.2. The summed E-state index contributed by atoms with van der Waals surface area (Å²) in [6.45, 7) is 17.0. The number of amides is 2. The zero-order chi connectivity index (χ0) is 46.9. The van der Waals surface area contributed by atoms with Crippen LogP contribution in [0.3, 0.4) is 0 Å². The molecular weight excluding hydrogens is 937 g/mol. The number of hydrogen-bond donors (Lipinski definition) is 3. The van der Waals surface area contributed by atoms with Gasteiger partial charge in [0.05, 0.1) is 25.4 Å². The highest BCUT2D eigenvalue weighted by Crippen LogP contribution is 2.30. The molecule has 0 saturated carbocycles. The summed E-state index contributed by atoms with van der Waals surface area (Å²) in [5.41, 5.74) is 13.8. The van der Waals surface area contributed by atoms with Crippen LogP contribution in [0.5, 0.6) is 0 Å². The summed E-state index contributed by atoms with van der Waals surface area (Å²) in [5, 5.41) is 9.37. The number of nitrogens with zero attached hydrogens (tertiary/aromatic N) is 3. The van der Waals surface area contributed by atoms with Crippen molar-refractivity contribution in [1.29, 1.82) is 0 Å². The number of fused-ring (bicyclic) bond motifs is 2. The van der Waals surface area contributed by atoms with Crippen LogP contribution in [0.25, 0.3) is 0 Å². The molecule has 2 saturated heterocycles. The van der Waals surface area contributed by atoms with Gasteiger partial charge in [-0.05, 0) is 160 Å². The van der Waals surface area contributed by atoms with Crippen molar-refractivity contribution in [3.05, 3.63) is 127 Å². The zero-order valence-electron chi connectivity index (χ0n) is 38.7. The van der Waals surface area contributed by atoms with Crippen molar-refractivity contribution < 1.29 is 4.79 Å². The van der Waals surface area contributed by atoms with Crippen molar-refractivity contribution in [2.75, 3.05) is 67.9 Å². The first-order valence-corrected chi connectivity index (χ1v) is 26.0. The molecule has 4 aliphatic heterocycles. The van der Waals surface area contributed by atoms with Crippen molar-refractivity contribution in [3.63, 3.8) is 0 Å². The van der Waals surface area contributed by atoms with Gasteiger partial charge in [-0.25, -0.2) is 4.79 Å². The number of carbonyl (C=O) groups is 1. The van der Waals surface area contributed by atoms with E-state index in [1.807, 2.05) is 47.4 Å². The molecule has 0 bridgehead atoms.